The van der Waals surface area contributed by atoms with Crippen LogP contribution in [0, 0.1) is 0 Å². The molecule has 3 rings (SSSR count). The molecule has 0 aliphatic rings. The van der Waals surface area contributed by atoms with Gasteiger partial charge in [0.2, 0.25) is 5.78 Å². The van der Waals surface area contributed by atoms with Gasteiger partial charge in [-0.05, 0) is 30.5 Å². The van der Waals surface area contributed by atoms with Gasteiger partial charge in [0.25, 0.3) is 0 Å². The first kappa shape index (κ1) is 13.8. The lowest BCUT2D eigenvalue weighted by atomic mass is 10.1. The van der Waals surface area contributed by atoms with Crippen molar-refractivity contribution in [3.63, 3.8) is 0 Å². The summed E-state index contributed by atoms with van der Waals surface area (Å²) in [7, 11) is 0. The Bertz CT molecular complexity index is 795. The van der Waals surface area contributed by atoms with E-state index in [0.717, 1.165) is 0 Å². The number of aromatic nitrogens is 3. The van der Waals surface area contributed by atoms with Crippen molar-refractivity contribution in [2.75, 3.05) is 6.61 Å². The number of halogens is 3. The van der Waals surface area contributed by atoms with Gasteiger partial charge in [0.05, 0.1) is 11.0 Å². The molecule has 3 aromatic rings. The molecule has 0 amide bonds. The van der Waals surface area contributed by atoms with Gasteiger partial charge in [-0.1, -0.05) is 12.1 Å². The Kier molecular flexibility index (Phi) is 3.29. The molecule has 0 saturated heterocycles. The Labute approximate surface area is 117 Å². The lowest BCUT2D eigenvalue weighted by molar-refractivity contribution is -0.141. The monoisotopic (exact) mass is 295 g/mol. The molecule has 0 fully saturated rings. The number of fused-ring (bicyclic) bond motifs is 3. The fourth-order valence-electron chi connectivity index (χ4n) is 2.32. The van der Waals surface area contributed by atoms with Crippen LogP contribution in [0.5, 0.6) is 0 Å². The van der Waals surface area contributed by atoms with Crippen LogP contribution < -0.4 is 0 Å². The molecule has 4 nitrogen and oxygen atoms in total. The predicted molar refractivity (Wildman–Crippen MR) is 70.9 cm³/mol. The molecular weight excluding hydrogens is 283 g/mol. The Morgan fingerprint density at radius 2 is 1.90 bits per heavy atom. The largest absolute Gasteiger partial charge is 0.433 e. The highest BCUT2D eigenvalue weighted by atomic mass is 19.4. The number of rotatable bonds is 3. The van der Waals surface area contributed by atoms with Crippen molar-refractivity contribution in [1.29, 1.82) is 0 Å². The number of aryl methyl sites for hydroxylation is 1. The number of aliphatic hydroxyl groups excluding tert-OH is 1. The summed E-state index contributed by atoms with van der Waals surface area (Å²) in [4.78, 5) is 7.80. The Hall–Kier alpha value is -2.15. The summed E-state index contributed by atoms with van der Waals surface area (Å²) >= 11 is 0. The molecule has 2 aromatic heterocycles. The van der Waals surface area contributed by atoms with Gasteiger partial charge in [-0.25, -0.2) is 9.97 Å². The van der Waals surface area contributed by atoms with E-state index in [2.05, 4.69) is 9.97 Å². The minimum atomic E-state index is -4.54. The molecule has 0 spiro atoms. The van der Waals surface area contributed by atoms with Crippen molar-refractivity contribution in [1.82, 2.24) is 14.4 Å². The summed E-state index contributed by atoms with van der Waals surface area (Å²) in [5.41, 5.74) is 0.433. The van der Waals surface area contributed by atoms with Crippen LogP contribution in [0.2, 0.25) is 0 Å². The average molecular weight is 295 g/mol. The summed E-state index contributed by atoms with van der Waals surface area (Å²) in [6.45, 7) is -0.167. The highest BCUT2D eigenvalue weighted by Gasteiger charge is 2.36. The van der Waals surface area contributed by atoms with Crippen molar-refractivity contribution in [3.8, 4) is 0 Å². The van der Waals surface area contributed by atoms with Crippen LogP contribution in [0.25, 0.3) is 16.8 Å². The molecule has 0 saturated carbocycles. The maximum absolute atomic E-state index is 13.1. The van der Waals surface area contributed by atoms with Gasteiger partial charge in [-0.2, -0.15) is 13.2 Å². The van der Waals surface area contributed by atoms with Gasteiger partial charge in [0.15, 0.2) is 5.69 Å². The molecule has 0 unspecified atom stereocenters. The Morgan fingerprint density at radius 3 is 2.62 bits per heavy atom. The van der Waals surface area contributed by atoms with E-state index in [4.69, 9.17) is 5.11 Å². The number of hydrogen-bond acceptors (Lipinski definition) is 3. The van der Waals surface area contributed by atoms with Gasteiger partial charge < -0.3 is 5.11 Å². The van der Waals surface area contributed by atoms with E-state index in [1.54, 1.807) is 28.7 Å². The van der Waals surface area contributed by atoms with Gasteiger partial charge in [0, 0.05) is 12.8 Å². The van der Waals surface area contributed by atoms with Crippen molar-refractivity contribution in [2.45, 2.75) is 19.0 Å². The minimum absolute atomic E-state index is 0.0243. The van der Waals surface area contributed by atoms with Crippen LogP contribution in [-0.2, 0) is 12.6 Å². The molecule has 0 aliphatic heterocycles. The third kappa shape index (κ3) is 2.44. The second-order valence-corrected chi connectivity index (χ2v) is 4.71. The van der Waals surface area contributed by atoms with E-state index in [-0.39, 0.29) is 30.8 Å². The molecule has 2 heterocycles. The number of nitrogens with zero attached hydrogens (tertiary/aromatic N) is 3. The number of aliphatic hydroxyl groups is 1. The highest BCUT2D eigenvalue weighted by Crippen LogP contribution is 2.32. The zero-order valence-electron chi connectivity index (χ0n) is 10.9. The van der Waals surface area contributed by atoms with Gasteiger partial charge >= 0.3 is 6.18 Å². The topological polar surface area (TPSA) is 50.4 Å². The molecule has 1 N–H and O–H groups in total. The summed E-state index contributed by atoms with van der Waals surface area (Å²) in [5, 5.41) is 8.85. The molecule has 21 heavy (non-hydrogen) atoms. The Morgan fingerprint density at radius 1 is 1.14 bits per heavy atom. The van der Waals surface area contributed by atoms with Crippen molar-refractivity contribution >= 4 is 16.8 Å². The lowest BCUT2D eigenvalue weighted by Crippen LogP contribution is -2.14. The molecule has 0 bridgehead atoms. The fourth-order valence-corrected chi connectivity index (χ4v) is 2.32. The van der Waals surface area contributed by atoms with Crippen LogP contribution in [0.4, 0.5) is 13.2 Å². The van der Waals surface area contributed by atoms with E-state index < -0.39 is 11.9 Å². The van der Waals surface area contributed by atoms with Crippen molar-refractivity contribution in [3.05, 3.63) is 41.7 Å². The van der Waals surface area contributed by atoms with E-state index >= 15 is 0 Å². The van der Waals surface area contributed by atoms with Crippen LogP contribution >= 0.6 is 0 Å². The second kappa shape index (κ2) is 5.00. The maximum atomic E-state index is 13.1. The first-order chi connectivity index (χ1) is 10.0. The molecule has 110 valence electrons. The smallest absolute Gasteiger partial charge is 0.396 e. The quantitative estimate of drug-likeness (QED) is 0.808. The van der Waals surface area contributed by atoms with Gasteiger partial charge in [0.1, 0.15) is 0 Å². The van der Waals surface area contributed by atoms with E-state index in [1.807, 2.05) is 0 Å². The van der Waals surface area contributed by atoms with E-state index in [0.29, 0.717) is 11.0 Å². The summed E-state index contributed by atoms with van der Waals surface area (Å²) in [6, 6.07) is 7.07. The van der Waals surface area contributed by atoms with Crippen molar-refractivity contribution < 1.29 is 18.3 Å². The SMILES string of the molecule is OCCCc1cn2c(nc1C(F)(F)F)nc1ccccc12. The maximum Gasteiger partial charge on any atom is 0.433 e. The molecular formula is C14H12F3N3O. The predicted octanol–water partition coefficient (Wildman–Crippen LogP) is 2.83. The van der Waals surface area contributed by atoms with Crippen molar-refractivity contribution in [2.24, 2.45) is 0 Å². The molecule has 7 heteroatoms. The number of para-hydroxylation sites is 2. The number of benzene rings is 1. The Balaban J connectivity index is 2.27. The summed E-state index contributed by atoms with van der Waals surface area (Å²) in [6.07, 6.45) is -2.76. The molecule has 0 aliphatic carbocycles. The third-order valence-corrected chi connectivity index (χ3v) is 3.25. The lowest BCUT2D eigenvalue weighted by Gasteiger charge is -2.12. The van der Waals surface area contributed by atoms with E-state index in [9.17, 15) is 13.2 Å². The normalized spacial score (nSPS) is 12.4. The first-order valence-corrected chi connectivity index (χ1v) is 6.45. The molecule has 0 radical (unpaired) electrons. The van der Waals surface area contributed by atoms with Crippen LogP contribution in [0.3, 0.4) is 0 Å². The highest BCUT2D eigenvalue weighted by molar-refractivity contribution is 5.79. The second-order valence-electron chi connectivity index (χ2n) is 4.71. The number of alkyl halides is 3. The summed E-state index contributed by atoms with van der Waals surface area (Å²) in [5.74, 6) is 0.0243. The first-order valence-electron chi connectivity index (χ1n) is 6.45. The van der Waals surface area contributed by atoms with Crippen LogP contribution in [-0.4, -0.2) is 26.1 Å². The standard InChI is InChI=1S/C14H12F3N3O/c15-14(16,17)12-9(4-3-7-21)8-20-11-6-2-1-5-10(11)18-13(20)19-12/h1-2,5-6,8,21H,3-4,7H2. The fraction of sp³-hybridized carbons (Fsp3) is 0.286. The third-order valence-electron chi connectivity index (χ3n) is 3.25. The minimum Gasteiger partial charge on any atom is -0.396 e. The average Bonchev–Trinajstić information content (AvgIpc) is 2.81. The zero-order valence-corrected chi connectivity index (χ0v) is 10.9. The number of imidazole rings is 1. The van der Waals surface area contributed by atoms with Gasteiger partial charge in [-0.15, -0.1) is 0 Å². The van der Waals surface area contributed by atoms with E-state index in [1.165, 1.54) is 6.20 Å². The zero-order chi connectivity index (χ0) is 15.0. The molecule has 0 atom stereocenters. The van der Waals surface area contributed by atoms with Crippen LogP contribution in [0.15, 0.2) is 30.5 Å². The number of hydrogen-bond donors (Lipinski definition) is 1. The molecule has 1 aromatic carbocycles. The van der Waals surface area contributed by atoms with Gasteiger partial charge in [-0.3, -0.25) is 4.40 Å². The van der Waals surface area contributed by atoms with Crippen LogP contribution in [0.1, 0.15) is 17.7 Å². The summed E-state index contributed by atoms with van der Waals surface area (Å²) < 4.78 is 40.8.